The van der Waals surface area contributed by atoms with Crippen molar-refractivity contribution in [2.45, 2.75) is 19.3 Å². The highest BCUT2D eigenvalue weighted by Crippen LogP contribution is 2.40. The molecule has 1 fully saturated rings. The summed E-state index contributed by atoms with van der Waals surface area (Å²) in [5.74, 6) is 0. The number of benzene rings is 1. The fourth-order valence-electron chi connectivity index (χ4n) is 2.61. The van der Waals surface area contributed by atoms with Gasteiger partial charge in [0.1, 0.15) is 5.69 Å². The average Bonchev–Trinajstić information content (AvgIpc) is 2.95. The summed E-state index contributed by atoms with van der Waals surface area (Å²) < 4.78 is 4.57. The first-order valence-electron chi connectivity index (χ1n) is 6.42. The highest BCUT2D eigenvalue weighted by Gasteiger charge is 2.32. The van der Waals surface area contributed by atoms with Crippen molar-refractivity contribution in [2.24, 2.45) is 0 Å². The van der Waals surface area contributed by atoms with Crippen LogP contribution in [-0.4, -0.2) is 33.2 Å². The van der Waals surface area contributed by atoms with Gasteiger partial charge in [0.05, 0.1) is 15.9 Å². The van der Waals surface area contributed by atoms with Crippen LogP contribution in [0.5, 0.6) is 0 Å². The third kappa shape index (κ3) is 2.14. The molecule has 0 aliphatic carbocycles. The van der Waals surface area contributed by atoms with E-state index in [4.69, 9.17) is 0 Å². The number of hydrogen-bond donors (Lipinski definition) is 0. The molecule has 0 amide bonds. The van der Waals surface area contributed by atoms with Gasteiger partial charge < -0.3 is 4.90 Å². The molecule has 2 heterocycles. The van der Waals surface area contributed by atoms with Crippen molar-refractivity contribution in [1.82, 2.24) is 10.3 Å². The zero-order valence-electron chi connectivity index (χ0n) is 10.9. The van der Waals surface area contributed by atoms with E-state index in [1.807, 2.05) is 4.90 Å². The van der Waals surface area contributed by atoms with Gasteiger partial charge in [-0.25, -0.2) is 4.63 Å². The van der Waals surface area contributed by atoms with Gasteiger partial charge >= 0.3 is 11.4 Å². The second kappa shape index (κ2) is 4.96. The Bertz CT molecular complexity index is 721. The quantitative estimate of drug-likeness (QED) is 0.620. The van der Waals surface area contributed by atoms with Crippen molar-refractivity contribution in [2.75, 3.05) is 18.0 Å². The molecule has 0 atom stereocenters. The van der Waals surface area contributed by atoms with Crippen LogP contribution in [-0.2, 0) is 0 Å². The molecule has 3 rings (SSSR count). The monoisotopic (exact) mass is 293 g/mol. The normalized spacial score (nSPS) is 15.3. The Morgan fingerprint density at radius 2 is 1.62 bits per heavy atom. The third-order valence-electron chi connectivity index (χ3n) is 3.54. The van der Waals surface area contributed by atoms with Gasteiger partial charge in [-0.2, -0.15) is 0 Å². The fraction of sp³-hybridized carbons (Fsp3) is 0.455. The number of hydrogen-bond acceptors (Lipinski definition) is 8. The van der Waals surface area contributed by atoms with Gasteiger partial charge in [0.25, 0.3) is 0 Å². The largest absolute Gasteiger partial charge is 0.364 e. The van der Waals surface area contributed by atoms with Gasteiger partial charge in [0.2, 0.25) is 5.52 Å². The van der Waals surface area contributed by atoms with Crippen molar-refractivity contribution >= 4 is 28.1 Å². The second-order valence-corrected chi connectivity index (χ2v) is 4.79. The first-order valence-corrected chi connectivity index (χ1v) is 6.42. The average molecular weight is 293 g/mol. The Kier molecular flexibility index (Phi) is 3.12. The van der Waals surface area contributed by atoms with E-state index in [0.717, 1.165) is 25.3 Å². The number of piperidine rings is 1. The fourth-order valence-corrected chi connectivity index (χ4v) is 2.61. The third-order valence-corrected chi connectivity index (χ3v) is 3.54. The molecule has 1 aliphatic heterocycles. The lowest BCUT2D eigenvalue weighted by Crippen LogP contribution is -2.30. The number of non-ortho nitro benzene ring substituents is 1. The molecule has 110 valence electrons. The molecule has 1 aromatic heterocycles. The van der Waals surface area contributed by atoms with E-state index in [-0.39, 0.29) is 22.4 Å². The predicted molar refractivity (Wildman–Crippen MR) is 71.2 cm³/mol. The van der Waals surface area contributed by atoms with Crippen molar-refractivity contribution in [1.29, 1.82) is 0 Å². The maximum absolute atomic E-state index is 11.3. The van der Waals surface area contributed by atoms with Crippen LogP contribution in [0.4, 0.5) is 17.1 Å². The van der Waals surface area contributed by atoms with Gasteiger partial charge in [-0.05, 0) is 29.6 Å². The minimum atomic E-state index is -0.723. The minimum absolute atomic E-state index is 0.0637. The first kappa shape index (κ1) is 13.2. The van der Waals surface area contributed by atoms with E-state index in [1.54, 1.807) is 0 Å². The summed E-state index contributed by atoms with van der Waals surface area (Å²) in [7, 11) is 0. The molecule has 1 saturated heterocycles. The van der Waals surface area contributed by atoms with Crippen LogP contribution in [0.25, 0.3) is 11.0 Å². The van der Waals surface area contributed by atoms with Crippen molar-refractivity contribution in [3.63, 3.8) is 0 Å². The molecule has 1 aliphatic rings. The molecule has 0 unspecified atom stereocenters. The number of anilines is 1. The van der Waals surface area contributed by atoms with Crippen LogP contribution in [0.1, 0.15) is 19.3 Å². The zero-order valence-corrected chi connectivity index (χ0v) is 10.9. The SMILES string of the molecule is O=[N+]([O-])c1cc([N+](=O)[O-])c2nonc2c1N1CCCCC1. The Morgan fingerprint density at radius 3 is 2.24 bits per heavy atom. The molecular weight excluding hydrogens is 282 g/mol. The van der Waals surface area contributed by atoms with Gasteiger partial charge in [-0.15, -0.1) is 0 Å². The van der Waals surface area contributed by atoms with Gasteiger partial charge in [0.15, 0.2) is 5.52 Å². The van der Waals surface area contributed by atoms with E-state index < -0.39 is 15.5 Å². The Labute approximate surface area is 117 Å². The van der Waals surface area contributed by atoms with Crippen LogP contribution >= 0.6 is 0 Å². The molecule has 21 heavy (non-hydrogen) atoms. The van der Waals surface area contributed by atoms with Crippen LogP contribution in [0, 0.1) is 20.2 Å². The topological polar surface area (TPSA) is 128 Å². The lowest BCUT2D eigenvalue weighted by Gasteiger charge is -2.28. The highest BCUT2D eigenvalue weighted by molar-refractivity contribution is 5.99. The van der Waals surface area contributed by atoms with E-state index in [2.05, 4.69) is 14.9 Å². The Morgan fingerprint density at radius 1 is 1.00 bits per heavy atom. The zero-order chi connectivity index (χ0) is 15.0. The molecule has 10 nitrogen and oxygen atoms in total. The van der Waals surface area contributed by atoms with Crippen molar-refractivity contribution in [3.8, 4) is 0 Å². The van der Waals surface area contributed by atoms with Crippen LogP contribution in [0.3, 0.4) is 0 Å². The number of nitro groups is 2. The lowest BCUT2D eigenvalue weighted by atomic mass is 10.1. The Balaban J connectivity index is 2.28. The molecular formula is C11H11N5O5. The lowest BCUT2D eigenvalue weighted by molar-refractivity contribution is -0.392. The molecule has 1 aromatic carbocycles. The summed E-state index contributed by atoms with van der Waals surface area (Å²) in [4.78, 5) is 22.8. The first-order chi connectivity index (χ1) is 10.1. The van der Waals surface area contributed by atoms with Crippen molar-refractivity contribution in [3.05, 3.63) is 26.3 Å². The number of aromatic nitrogens is 2. The summed E-state index contributed by atoms with van der Waals surface area (Å²) in [5, 5.41) is 29.5. The molecule has 0 N–H and O–H groups in total. The summed E-state index contributed by atoms with van der Waals surface area (Å²) in [6, 6.07) is 0.927. The standard InChI is InChI=1S/C11H11N5O5/c17-15(18)7-6-8(16(19)20)11(10-9(7)12-21-13-10)14-4-2-1-3-5-14/h6H,1-5H2. The molecule has 0 saturated carbocycles. The Hall–Kier alpha value is -2.78. The van der Waals surface area contributed by atoms with E-state index in [1.165, 1.54) is 0 Å². The maximum Gasteiger partial charge on any atom is 0.307 e. The molecule has 0 bridgehead atoms. The minimum Gasteiger partial charge on any atom is -0.364 e. The van der Waals surface area contributed by atoms with Crippen LogP contribution in [0.2, 0.25) is 0 Å². The number of nitro benzene ring substituents is 2. The van der Waals surface area contributed by atoms with Crippen molar-refractivity contribution < 1.29 is 14.5 Å². The number of rotatable bonds is 3. The van der Waals surface area contributed by atoms with E-state index in [0.29, 0.717) is 13.1 Å². The molecule has 0 spiro atoms. The summed E-state index contributed by atoms with van der Waals surface area (Å²) in [6.07, 6.45) is 2.86. The second-order valence-electron chi connectivity index (χ2n) is 4.79. The smallest absolute Gasteiger partial charge is 0.307 e. The van der Waals surface area contributed by atoms with E-state index >= 15 is 0 Å². The van der Waals surface area contributed by atoms with Gasteiger partial charge in [-0.3, -0.25) is 20.2 Å². The van der Waals surface area contributed by atoms with Crippen LogP contribution in [0.15, 0.2) is 10.7 Å². The summed E-state index contributed by atoms with van der Waals surface area (Å²) in [5.41, 5.74) is -0.559. The van der Waals surface area contributed by atoms with Crippen LogP contribution < -0.4 is 4.90 Å². The summed E-state index contributed by atoms with van der Waals surface area (Å²) in [6.45, 7) is 1.28. The predicted octanol–water partition coefficient (Wildman–Crippen LogP) is 2.03. The molecule has 0 radical (unpaired) electrons. The summed E-state index contributed by atoms with van der Waals surface area (Å²) >= 11 is 0. The number of fused-ring (bicyclic) bond motifs is 1. The molecule has 2 aromatic rings. The number of nitrogens with zero attached hydrogens (tertiary/aromatic N) is 5. The molecule has 10 heteroatoms. The van der Waals surface area contributed by atoms with E-state index in [9.17, 15) is 20.2 Å². The van der Waals surface area contributed by atoms with Gasteiger partial charge in [-0.1, -0.05) is 0 Å². The van der Waals surface area contributed by atoms with Gasteiger partial charge in [0, 0.05) is 13.1 Å². The highest BCUT2D eigenvalue weighted by atomic mass is 16.6. The maximum atomic E-state index is 11.3.